The van der Waals surface area contributed by atoms with Gasteiger partial charge >= 0.3 is 39.3 Å². The fourth-order valence-electron chi connectivity index (χ4n) is 5.40. The van der Waals surface area contributed by atoms with Crippen molar-refractivity contribution in [1.82, 2.24) is 5.06 Å². The van der Waals surface area contributed by atoms with E-state index in [9.17, 15) is 0 Å². The predicted molar refractivity (Wildman–Crippen MR) is 201 cm³/mol. The van der Waals surface area contributed by atoms with E-state index in [1.807, 2.05) is 41.5 Å². The molecule has 0 bridgehead atoms. The van der Waals surface area contributed by atoms with Crippen molar-refractivity contribution < 1.29 is 15.7 Å². The van der Waals surface area contributed by atoms with Crippen LogP contribution in [0.1, 0.15) is 112 Å². The second-order valence-corrected chi connectivity index (χ2v) is 17.3. The summed E-state index contributed by atoms with van der Waals surface area (Å²) < 4.78 is 0. The van der Waals surface area contributed by atoms with Crippen LogP contribution in [0.25, 0.3) is 0 Å². The van der Waals surface area contributed by atoms with Crippen molar-refractivity contribution in [1.29, 1.82) is 0 Å². The Balaban J connectivity index is 0.00000185. The molecule has 0 radical (unpaired) electrons. The molecule has 4 nitrogen and oxygen atoms in total. The number of amidine groups is 2. The van der Waals surface area contributed by atoms with Gasteiger partial charge in [0.05, 0.1) is 18.5 Å². The van der Waals surface area contributed by atoms with E-state index in [1.54, 1.807) is 7.11 Å². The van der Waals surface area contributed by atoms with Crippen LogP contribution in [-0.2, 0) is 15.7 Å². The van der Waals surface area contributed by atoms with Crippen molar-refractivity contribution in [2.45, 2.75) is 79.1 Å². The van der Waals surface area contributed by atoms with Crippen LogP contribution in [0, 0.1) is 0 Å². The molecule has 7 heteroatoms. The Bertz CT molecular complexity index is 1420. The third-order valence-electron chi connectivity index (χ3n) is 7.75. The number of benzene rings is 4. The van der Waals surface area contributed by atoms with Gasteiger partial charge in [-0.1, -0.05) is 152 Å². The molecule has 0 heterocycles. The minimum absolute atomic E-state index is 0.305. The Morgan fingerprint density at radius 3 is 1.04 bits per heavy atom. The van der Waals surface area contributed by atoms with Gasteiger partial charge in [-0.15, -0.1) is 0 Å². The first-order chi connectivity index (χ1) is 22.0. The quantitative estimate of drug-likeness (QED) is 0.0733. The maximum atomic E-state index is 6.30. The fourth-order valence-corrected chi connectivity index (χ4v) is 5.40. The van der Waals surface area contributed by atoms with Gasteiger partial charge in [-0.2, -0.15) is 5.06 Å². The number of rotatable bonds is 9. The third kappa shape index (κ3) is 9.73. The van der Waals surface area contributed by atoms with Gasteiger partial charge in [0.25, 0.3) is 0 Å². The van der Waals surface area contributed by atoms with Gasteiger partial charge in [-0.05, 0) is 45.9 Å². The molecule has 0 atom stereocenters. The fraction of sp³-hybridized carbons (Fsp3) is 0.333. The number of hydrogen-bond acceptors (Lipinski definition) is 3. The Kier molecular flexibility index (Phi) is 15.4. The molecule has 0 saturated carbocycles. The zero-order valence-electron chi connectivity index (χ0n) is 28.4. The van der Waals surface area contributed by atoms with Crippen molar-refractivity contribution in [2.24, 2.45) is 9.98 Å². The molecule has 0 unspecified atom stereocenters. The molecule has 0 fully saturated rings. The summed E-state index contributed by atoms with van der Waals surface area (Å²) in [6.07, 6.45) is 0. The molecule has 0 N–H and O–H groups in total. The Labute approximate surface area is 297 Å². The van der Waals surface area contributed by atoms with Gasteiger partial charge in [0.2, 0.25) is 0 Å². The Hall–Kier alpha value is -2.57. The average Bonchev–Trinajstić information content (AvgIpc) is 3.04. The minimum atomic E-state index is 0.305. The second kappa shape index (κ2) is 18.7. The average molecular weight is 792 g/mol. The van der Waals surface area contributed by atoms with Crippen LogP contribution in [0.5, 0.6) is 0 Å². The number of hydroxylamine groups is 2. The molecule has 0 amide bonds. The van der Waals surface area contributed by atoms with E-state index in [1.165, 1.54) is 33.2 Å². The normalized spacial score (nSPS) is 12.2. The topological polar surface area (TPSA) is 37.2 Å². The maximum absolute atomic E-state index is 6.30. The molecule has 0 aliphatic carbocycles. The van der Waals surface area contributed by atoms with E-state index in [0.29, 0.717) is 35.3 Å². The molecular formula is C39H47Br2N3NiO. The molecule has 0 aromatic heterocycles. The van der Waals surface area contributed by atoms with Crippen LogP contribution in [0.4, 0.5) is 11.4 Å². The zero-order valence-corrected chi connectivity index (χ0v) is 32.5. The molecule has 0 saturated heterocycles. The summed E-state index contributed by atoms with van der Waals surface area (Å²) >= 11 is 6.00. The summed E-state index contributed by atoms with van der Waals surface area (Å²) in [5, 5.41) is 1.81. The summed E-state index contributed by atoms with van der Waals surface area (Å²) in [6, 6.07) is 33.6. The summed E-state index contributed by atoms with van der Waals surface area (Å²) in [6.45, 7) is 17.8. The van der Waals surface area contributed by atoms with Crippen molar-refractivity contribution in [3.63, 3.8) is 0 Å². The van der Waals surface area contributed by atoms with Crippen LogP contribution in [0.2, 0.25) is 0 Å². The Morgan fingerprint density at radius 1 is 0.522 bits per heavy atom. The van der Waals surface area contributed by atoms with Crippen LogP contribution >= 0.6 is 28.5 Å². The number of halogens is 2. The number of nitrogens with zero attached hydrogens (tertiary/aromatic N) is 3. The van der Waals surface area contributed by atoms with Gasteiger partial charge in [0, 0.05) is 11.1 Å². The van der Waals surface area contributed by atoms with E-state index in [0.717, 1.165) is 22.5 Å². The van der Waals surface area contributed by atoms with Crippen LogP contribution in [0.15, 0.2) is 107 Å². The van der Waals surface area contributed by atoms with E-state index in [-0.39, 0.29) is 0 Å². The van der Waals surface area contributed by atoms with Crippen molar-refractivity contribution >= 4 is 51.5 Å². The zero-order chi connectivity index (χ0) is 33.8. The van der Waals surface area contributed by atoms with E-state index < -0.39 is 0 Å². The monoisotopic (exact) mass is 789 g/mol. The molecule has 4 aromatic rings. The van der Waals surface area contributed by atoms with Gasteiger partial charge in [0.15, 0.2) is 11.7 Å². The first-order valence-corrected chi connectivity index (χ1v) is 20.6. The third-order valence-corrected chi connectivity index (χ3v) is 7.75. The number of hydrogen-bond donors (Lipinski definition) is 0. The molecule has 4 rings (SSSR count). The molecule has 0 aliphatic heterocycles. The van der Waals surface area contributed by atoms with E-state index in [2.05, 4.69) is 145 Å². The molecule has 4 aromatic carbocycles. The predicted octanol–water partition coefficient (Wildman–Crippen LogP) is 12.6. The molecule has 46 heavy (non-hydrogen) atoms. The molecule has 248 valence electrons. The van der Waals surface area contributed by atoms with Crippen molar-refractivity contribution in [2.75, 3.05) is 7.11 Å². The summed E-state index contributed by atoms with van der Waals surface area (Å²) in [5.74, 6) is 2.60. The van der Waals surface area contributed by atoms with Gasteiger partial charge in [-0.3, -0.25) is 4.84 Å². The second-order valence-electron chi connectivity index (χ2n) is 12.3. The van der Waals surface area contributed by atoms with Gasteiger partial charge < -0.3 is 0 Å². The summed E-state index contributed by atoms with van der Waals surface area (Å²) in [7, 11) is 2.95. The SMILES string of the molecule is CON(C(=Nc1c(C(C)C)cccc1C(C)C)c1ccccc1)C(=Nc1c(C(C)C)cccc1C(C)C)c1ccccc1.[Br][Ni][Br]. The standard InChI is InChI=1S/C39H47N3O.2BrH.Ni/c1-26(2)32-22-16-23-33(27(3)4)36(32)40-38(30-18-12-10-13-19-30)42(43-9)39(31-20-14-11-15-21-31)41-37-34(28(5)6)24-17-25-35(37)29(7)8;;;/h10-29H,1-9H3;2*1H;/q;;;+2/p-2. The van der Waals surface area contributed by atoms with Crippen LogP contribution in [0.3, 0.4) is 0 Å². The van der Waals surface area contributed by atoms with E-state index in [4.69, 9.17) is 14.8 Å². The van der Waals surface area contributed by atoms with E-state index >= 15 is 0 Å². The Morgan fingerprint density at radius 2 is 0.804 bits per heavy atom. The van der Waals surface area contributed by atoms with Crippen molar-refractivity contribution in [3.8, 4) is 0 Å². The first kappa shape index (κ1) is 37.9. The van der Waals surface area contributed by atoms with Gasteiger partial charge in [0.1, 0.15) is 0 Å². The van der Waals surface area contributed by atoms with Crippen LogP contribution in [-0.4, -0.2) is 23.8 Å². The van der Waals surface area contributed by atoms with Gasteiger partial charge in [-0.25, -0.2) is 9.98 Å². The summed E-state index contributed by atoms with van der Waals surface area (Å²) in [4.78, 5) is 17.3. The summed E-state index contributed by atoms with van der Waals surface area (Å²) in [5.41, 5.74) is 8.71. The number of aliphatic imine (C=N–C) groups is 2. The molecular weight excluding hydrogens is 745 g/mol. The first-order valence-electron chi connectivity index (χ1n) is 15.8. The van der Waals surface area contributed by atoms with Crippen LogP contribution < -0.4 is 0 Å². The molecule has 0 spiro atoms. The molecule has 0 aliphatic rings. The van der Waals surface area contributed by atoms with Crippen molar-refractivity contribution in [3.05, 3.63) is 130 Å². The number of para-hydroxylation sites is 2.